The summed E-state index contributed by atoms with van der Waals surface area (Å²) >= 11 is 0. The van der Waals surface area contributed by atoms with Crippen molar-refractivity contribution in [3.8, 4) is 45.8 Å². The van der Waals surface area contributed by atoms with E-state index in [1.54, 1.807) is 0 Å². The van der Waals surface area contributed by atoms with Crippen LogP contribution < -0.4 is 24.4 Å². The number of phenolic OH excluding ortho intramolecular Hbond substituents is 1. The number of aromatic hydroxyl groups is 2. The van der Waals surface area contributed by atoms with Gasteiger partial charge in [-0.25, -0.2) is 0 Å². The molecule has 0 amide bonds. The molecule has 1 aliphatic heterocycles. The van der Waals surface area contributed by atoms with Crippen LogP contribution in [-0.4, -0.2) is 89.0 Å². The molecule has 2 heterocycles. The van der Waals surface area contributed by atoms with Crippen LogP contribution >= 0.6 is 0 Å². The lowest BCUT2D eigenvalue weighted by Crippen LogP contribution is -2.59. The first kappa shape index (κ1) is 43.7. The Labute approximate surface area is 326 Å². The highest BCUT2D eigenvalue weighted by molar-refractivity contribution is 5.94. The van der Waals surface area contributed by atoms with Crippen molar-refractivity contribution < 1.29 is 95.6 Å². The predicted molar refractivity (Wildman–Crippen MR) is 187 cm³/mol. The Morgan fingerprint density at radius 1 is 0.603 bits per heavy atom. The summed E-state index contributed by atoms with van der Waals surface area (Å²) in [6, 6.07) is 2.61. The Morgan fingerprint density at radius 2 is 1.12 bits per heavy atom. The lowest BCUT2D eigenvalue weighted by atomic mass is 9.88. The van der Waals surface area contributed by atoms with Crippen LogP contribution in [0.3, 0.4) is 0 Å². The summed E-state index contributed by atoms with van der Waals surface area (Å²) in [4.78, 5) is 113. The molecule has 0 radical (unpaired) electrons. The van der Waals surface area contributed by atoms with Crippen LogP contribution in [0.25, 0.3) is 22.3 Å². The summed E-state index contributed by atoms with van der Waals surface area (Å²) in [5.74, 6) is -13.0. The van der Waals surface area contributed by atoms with Gasteiger partial charge in [-0.1, -0.05) is 0 Å². The molecule has 310 valence electrons. The fraction of sp³-hybridized carbons (Fsp3) is 0.378. The van der Waals surface area contributed by atoms with Gasteiger partial charge < -0.3 is 57.3 Å². The molecule has 4 rings (SSSR count). The third-order valence-electron chi connectivity index (χ3n) is 7.70. The van der Waals surface area contributed by atoms with Gasteiger partial charge in [-0.2, -0.15) is 0 Å². The molecular formula is C37H36O21. The number of carbonyl (C=O) groups excluding carboxylic acids is 8. The lowest BCUT2D eigenvalue weighted by molar-refractivity contribution is -0.254. The summed E-state index contributed by atoms with van der Waals surface area (Å²) < 4.78 is 54.8. The molecule has 1 aliphatic rings. The van der Waals surface area contributed by atoms with E-state index in [1.165, 1.54) is 0 Å². The van der Waals surface area contributed by atoms with Crippen molar-refractivity contribution in [1.82, 2.24) is 0 Å². The minimum Gasteiger partial charge on any atom is -0.504 e. The van der Waals surface area contributed by atoms with E-state index in [0.717, 1.165) is 73.6 Å². The van der Waals surface area contributed by atoms with Gasteiger partial charge in [-0.15, -0.1) is 0 Å². The monoisotopic (exact) mass is 816 g/mol. The molecule has 21 heteroatoms. The van der Waals surface area contributed by atoms with Crippen molar-refractivity contribution in [2.24, 2.45) is 0 Å². The zero-order valence-electron chi connectivity index (χ0n) is 32.0. The van der Waals surface area contributed by atoms with E-state index in [0.29, 0.717) is 0 Å². The quantitative estimate of drug-likeness (QED) is 0.159. The van der Waals surface area contributed by atoms with Crippen LogP contribution in [0.15, 0.2) is 27.4 Å². The Kier molecular flexibility index (Phi) is 13.4. The third kappa shape index (κ3) is 10.0. The Bertz CT molecular complexity index is 2270. The molecule has 5 atom stereocenters. The zero-order chi connectivity index (χ0) is 43.3. The normalized spacial score (nSPS) is 18.6. The van der Waals surface area contributed by atoms with E-state index in [2.05, 4.69) is 0 Å². The van der Waals surface area contributed by atoms with Crippen LogP contribution in [0.4, 0.5) is 0 Å². The molecule has 5 unspecified atom stereocenters. The minimum absolute atomic E-state index is 0.438. The minimum atomic E-state index is -1.92. The van der Waals surface area contributed by atoms with Crippen LogP contribution in [0.5, 0.6) is 34.5 Å². The molecule has 58 heavy (non-hydrogen) atoms. The molecule has 2 aromatic carbocycles. The number of hydrogen-bond donors (Lipinski definition) is 2. The van der Waals surface area contributed by atoms with Gasteiger partial charge in [-0.05, 0) is 6.07 Å². The highest BCUT2D eigenvalue weighted by Gasteiger charge is 2.54. The van der Waals surface area contributed by atoms with Gasteiger partial charge in [0.2, 0.25) is 11.2 Å². The highest BCUT2D eigenvalue weighted by atomic mass is 16.7. The van der Waals surface area contributed by atoms with Gasteiger partial charge in [0.1, 0.15) is 41.3 Å². The van der Waals surface area contributed by atoms with Crippen LogP contribution in [-0.2, 0) is 62.0 Å². The molecule has 3 aromatic rings. The number of benzene rings is 2. The summed E-state index contributed by atoms with van der Waals surface area (Å²) in [6.45, 7) is 7.08. The second-order valence-electron chi connectivity index (χ2n) is 12.4. The first-order chi connectivity index (χ1) is 27.1. The zero-order valence-corrected chi connectivity index (χ0v) is 32.0. The largest absolute Gasteiger partial charge is 0.504 e. The maximum absolute atomic E-state index is 14.3. The molecule has 1 aromatic heterocycles. The molecule has 1 fully saturated rings. The molecule has 0 spiro atoms. The predicted octanol–water partition coefficient (Wildman–Crippen LogP) is 2.37. The summed E-state index contributed by atoms with van der Waals surface area (Å²) in [7, 11) is 0. The van der Waals surface area contributed by atoms with E-state index in [4.69, 9.17) is 47.0 Å². The van der Waals surface area contributed by atoms with Crippen LogP contribution in [0.1, 0.15) is 67.1 Å². The lowest BCUT2D eigenvalue weighted by Gasteiger charge is -2.45. The van der Waals surface area contributed by atoms with Gasteiger partial charge in [-0.3, -0.25) is 43.2 Å². The van der Waals surface area contributed by atoms with Gasteiger partial charge in [0, 0.05) is 67.5 Å². The van der Waals surface area contributed by atoms with Crippen molar-refractivity contribution in [3.63, 3.8) is 0 Å². The molecular weight excluding hydrogens is 780 g/mol. The summed E-state index contributed by atoms with van der Waals surface area (Å²) in [6.07, 6.45) is -8.82. The number of phenols is 1. The molecule has 1 saturated heterocycles. The molecule has 21 nitrogen and oxygen atoms in total. The van der Waals surface area contributed by atoms with E-state index < -0.39 is 153 Å². The Hall–Kier alpha value is -7.03. The topological polar surface area (TPSA) is 290 Å². The SMILES string of the molecule is CC(=O)OCC1OC(c2c(OC(C)=O)cc3oc(-c4cc(OC(C)=O)c(O)cc4OC(C)=O)c(O)c(=O)c3c2OC(C)=O)C(OC(C)=O)C(OC(C)=O)C1OC(C)=O. The van der Waals surface area contributed by atoms with E-state index in [9.17, 15) is 53.4 Å². The van der Waals surface area contributed by atoms with Crippen molar-refractivity contribution in [3.05, 3.63) is 34.0 Å². The van der Waals surface area contributed by atoms with E-state index in [1.807, 2.05) is 0 Å². The van der Waals surface area contributed by atoms with Crippen molar-refractivity contribution in [2.75, 3.05) is 6.61 Å². The second-order valence-corrected chi connectivity index (χ2v) is 12.4. The Balaban J connectivity index is 2.18. The fourth-order valence-corrected chi connectivity index (χ4v) is 5.91. The third-order valence-corrected chi connectivity index (χ3v) is 7.70. The maximum Gasteiger partial charge on any atom is 0.308 e. The van der Waals surface area contributed by atoms with Crippen molar-refractivity contribution >= 4 is 58.7 Å². The van der Waals surface area contributed by atoms with Crippen LogP contribution in [0, 0.1) is 0 Å². The van der Waals surface area contributed by atoms with Crippen molar-refractivity contribution in [1.29, 1.82) is 0 Å². The fourth-order valence-electron chi connectivity index (χ4n) is 5.91. The summed E-state index contributed by atoms with van der Waals surface area (Å²) in [5, 5.41) is 21.1. The number of fused-ring (bicyclic) bond motifs is 1. The first-order valence-corrected chi connectivity index (χ1v) is 16.9. The molecule has 0 saturated carbocycles. The first-order valence-electron chi connectivity index (χ1n) is 16.9. The number of carbonyl (C=O) groups is 8. The van der Waals surface area contributed by atoms with E-state index >= 15 is 0 Å². The van der Waals surface area contributed by atoms with Crippen LogP contribution in [0.2, 0.25) is 0 Å². The smallest absolute Gasteiger partial charge is 0.308 e. The highest BCUT2D eigenvalue weighted by Crippen LogP contribution is 2.50. The second kappa shape index (κ2) is 17.8. The number of rotatable bonds is 11. The standard InChI is InChI=1S/C37H36O21/c1-13(38)49-12-27-33(53-17(5)42)36(55-19(7)44)37(56-20(8)45)35(58-27)29-26(52-16(4)41)11-25-28(34(29)54-18(6)43)30(47)31(48)32(57-25)21-9-24(51-15(3)40)22(46)10-23(21)50-14(2)39/h9-11,27,33,35-37,46,48H,12H2,1-8H3. The van der Waals surface area contributed by atoms with Gasteiger partial charge in [0.05, 0.1) is 11.1 Å². The molecule has 2 N–H and O–H groups in total. The molecule has 0 aliphatic carbocycles. The van der Waals surface area contributed by atoms with E-state index in [-0.39, 0.29) is 0 Å². The average molecular weight is 817 g/mol. The molecule has 0 bridgehead atoms. The van der Waals surface area contributed by atoms with Gasteiger partial charge >= 0.3 is 47.8 Å². The van der Waals surface area contributed by atoms with Gasteiger partial charge in [0.15, 0.2) is 41.3 Å². The van der Waals surface area contributed by atoms with Gasteiger partial charge in [0.25, 0.3) is 0 Å². The Morgan fingerprint density at radius 3 is 1.66 bits per heavy atom. The average Bonchev–Trinajstić information content (AvgIpc) is 3.07. The summed E-state index contributed by atoms with van der Waals surface area (Å²) in [5.41, 5.74) is -2.98. The number of ether oxygens (including phenoxy) is 9. The maximum atomic E-state index is 14.3. The van der Waals surface area contributed by atoms with Crippen molar-refractivity contribution in [2.45, 2.75) is 85.9 Å². The number of esters is 8. The number of hydrogen-bond acceptors (Lipinski definition) is 21.